The van der Waals surface area contributed by atoms with Gasteiger partial charge in [0.2, 0.25) is 15.9 Å². The van der Waals surface area contributed by atoms with E-state index in [4.69, 9.17) is 9.15 Å². The Balaban J connectivity index is 1.47. The topological polar surface area (TPSA) is 108 Å². The second-order valence-corrected chi connectivity index (χ2v) is 8.84. The highest BCUT2D eigenvalue weighted by Crippen LogP contribution is 2.26. The third-order valence-electron chi connectivity index (χ3n) is 4.89. The van der Waals surface area contributed by atoms with Crippen molar-refractivity contribution in [2.45, 2.75) is 18.2 Å². The first-order chi connectivity index (χ1) is 13.3. The van der Waals surface area contributed by atoms with Crippen LogP contribution in [0.1, 0.15) is 12.1 Å². The summed E-state index contributed by atoms with van der Waals surface area (Å²) >= 11 is 0. The summed E-state index contributed by atoms with van der Waals surface area (Å²) in [5.41, 5.74) is 1.61. The molecule has 0 spiro atoms. The monoisotopic (exact) mass is 404 g/mol. The number of rotatable bonds is 5. The van der Waals surface area contributed by atoms with E-state index in [0.717, 1.165) is 5.69 Å². The van der Waals surface area contributed by atoms with Gasteiger partial charge in [0.05, 0.1) is 22.7 Å². The average Bonchev–Trinajstić information content (AvgIpc) is 3.27. The molecule has 0 aliphatic carbocycles. The SMILES string of the molecule is Cc1ccc(OCC2CCN(S(=O)(=O)c3ccc4oc(=O)n(C)c4c3)C2)nn1. The van der Waals surface area contributed by atoms with Crippen LogP contribution in [0.25, 0.3) is 11.1 Å². The summed E-state index contributed by atoms with van der Waals surface area (Å²) < 4.78 is 39.4. The molecule has 1 aliphatic heterocycles. The molecule has 4 rings (SSSR count). The molecule has 1 aliphatic rings. The second kappa shape index (κ2) is 7.02. The van der Waals surface area contributed by atoms with Gasteiger partial charge in [0, 0.05) is 32.1 Å². The van der Waals surface area contributed by atoms with Crippen molar-refractivity contribution in [3.63, 3.8) is 0 Å². The van der Waals surface area contributed by atoms with Crippen LogP contribution >= 0.6 is 0 Å². The van der Waals surface area contributed by atoms with Crippen molar-refractivity contribution in [1.29, 1.82) is 0 Å². The summed E-state index contributed by atoms with van der Waals surface area (Å²) in [6.45, 7) is 3.00. The Morgan fingerprint density at radius 2 is 2.07 bits per heavy atom. The molecule has 0 radical (unpaired) electrons. The van der Waals surface area contributed by atoms with Crippen LogP contribution in [0.2, 0.25) is 0 Å². The van der Waals surface area contributed by atoms with E-state index >= 15 is 0 Å². The Hall–Kier alpha value is -2.72. The van der Waals surface area contributed by atoms with Gasteiger partial charge in [-0.05, 0) is 37.6 Å². The first-order valence-corrected chi connectivity index (χ1v) is 10.3. The lowest BCUT2D eigenvalue weighted by Gasteiger charge is -2.17. The molecular formula is C18H20N4O5S. The molecule has 0 amide bonds. The second-order valence-electron chi connectivity index (χ2n) is 6.90. The van der Waals surface area contributed by atoms with Crippen LogP contribution in [0.3, 0.4) is 0 Å². The molecule has 0 saturated carbocycles. The molecule has 3 aromatic rings. The molecule has 3 heterocycles. The molecule has 1 unspecified atom stereocenters. The third kappa shape index (κ3) is 3.40. The van der Waals surface area contributed by atoms with E-state index in [0.29, 0.717) is 43.1 Å². The highest BCUT2D eigenvalue weighted by molar-refractivity contribution is 7.89. The Bertz CT molecular complexity index is 1170. The van der Waals surface area contributed by atoms with Crippen molar-refractivity contribution in [2.75, 3.05) is 19.7 Å². The Morgan fingerprint density at radius 3 is 2.82 bits per heavy atom. The van der Waals surface area contributed by atoms with Gasteiger partial charge in [0.25, 0.3) is 0 Å². The zero-order valence-electron chi connectivity index (χ0n) is 15.5. The summed E-state index contributed by atoms with van der Waals surface area (Å²) in [5, 5.41) is 7.89. The maximum absolute atomic E-state index is 13.0. The summed E-state index contributed by atoms with van der Waals surface area (Å²) in [7, 11) is -2.12. The summed E-state index contributed by atoms with van der Waals surface area (Å²) in [6, 6.07) is 8.01. The summed E-state index contributed by atoms with van der Waals surface area (Å²) in [4.78, 5) is 11.8. The number of aryl methyl sites for hydroxylation is 2. The van der Waals surface area contributed by atoms with Crippen molar-refractivity contribution >= 4 is 21.1 Å². The van der Waals surface area contributed by atoms with Crippen molar-refractivity contribution in [3.05, 3.63) is 46.6 Å². The van der Waals surface area contributed by atoms with Crippen LogP contribution in [0.15, 0.2) is 44.4 Å². The van der Waals surface area contributed by atoms with Gasteiger partial charge >= 0.3 is 5.76 Å². The lowest BCUT2D eigenvalue weighted by Crippen LogP contribution is -2.29. The standard InChI is InChI=1S/C18H20N4O5S/c1-12-3-6-17(20-19-12)26-11-13-7-8-22(10-13)28(24,25)14-4-5-16-15(9-14)21(2)18(23)27-16/h3-6,9,13H,7-8,10-11H2,1-2H3. The van der Waals surface area contributed by atoms with Gasteiger partial charge in [0.15, 0.2) is 5.58 Å². The molecule has 1 atom stereocenters. The van der Waals surface area contributed by atoms with E-state index in [-0.39, 0.29) is 10.8 Å². The maximum atomic E-state index is 13.0. The molecule has 10 heteroatoms. The molecule has 2 aromatic heterocycles. The number of nitrogens with zero attached hydrogens (tertiary/aromatic N) is 4. The summed E-state index contributed by atoms with van der Waals surface area (Å²) in [6.07, 6.45) is 0.699. The fraction of sp³-hybridized carbons (Fsp3) is 0.389. The normalized spacial score (nSPS) is 18.0. The maximum Gasteiger partial charge on any atom is 0.419 e. The Labute approximate surface area is 161 Å². The number of sulfonamides is 1. The van der Waals surface area contributed by atoms with E-state index in [2.05, 4.69) is 10.2 Å². The fourth-order valence-electron chi connectivity index (χ4n) is 3.23. The number of ether oxygens (including phenoxy) is 1. The predicted molar refractivity (Wildman–Crippen MR) is 101 cm³/mol. The molecule has 0 bridgehead atoms. The molecular weight excluding hydrogens is 384 g/mol. The first kappa shape index (κ1) is 18.6. The molecule has 148 valence electrons. The number of oxazole rings is 1. The highest BCUT2D eigenvalue weighted by Gasteiger charge is 2.33. The lowest BCUT2D eigenvalue weighted by atomic mass is 10.1. The van der Waals surface area contributed by atoms with Gasteiger partial charge < -0.3 is 9.15 Å². The van der Waals surface area contributed by atoms with E-state index in [1.165, 1.54) is 27.1 Å². The molecule has 1 fully saturated rings. The van der Waals surface area contributed by atoms with Gasteiger partial charge in [-0.15, -0.1) is 5.10 Å². The van der Waals surface area contributed by atoms with Crippen LogP contribution < -0.4 is 10.5 Å². The highest BCUT2D eigenvalue weighted by atomic mass is 32.2. The largest absolute Gasteiger partial charge is 0.476 e. The van der Waals surface area contributed by atoms with Gasteiger partial charge in [-0.25, -0.2) is 13.2 Å². The minimum atomic E-state index is -3.67. The number of benzene rings is 1. The van der Waals surface area contributed by atoms with Crippen LogP contribution in [0.4, 0.5) is 0 Å². The molecule has 1 aromatic carbocycles. The van der Waals surface area contributed by atoms with Crippen molar-refractivity contribution < 1.29 is 17.6 Å². The van der Waals surface area contributed by atoms with Gasteiger partial charge in [-0.3, -0.25) is 4.57 Å². The number of fused-ring (bicyclic) bond motifs is 1. The molecule has 0 N–H and O–H groups in total. The zero-order valence-corrected chi connectivity index (χ0v) is 16.3. The predicted octanol–water partition coefficient (Wildman–Crippen LogP) is 1.32. The van der Waals surface area contributed by atoms with Gasteiger partial charge in [-0.1, -0.05) is 0 Å². The quantitative estimate of drug-likeness (QED) is 0.631. The fourth-order valence-corrected chi connectivity index (χ4v) is 4.79. The number of hydrogen-bond donors (Lipinski definition) is 0. The van der Waals surface area contributed by atoms with E-state index in [9.17, 15) is 13.2 Å². The smallest absolute Gasteiger partial charge is 0.419 e. The van der Waals surface area contributed by atoms with Crippen LogP contribution in [0.5, 0.6) is 5.88 Å². The number of aromatic nitrogens is 3. The average molecular weight is 404 g/mol. The van der Waals surface area contributed by atoms with E-state index < -0.39 is 15.8 Å². The van der Waals surface area contributed by atoms with Crippen molar-refractivity contribution in [1.82, 2.24) is 19.1 Å². The van der Waals surface area contributed by atoms with Crippen molar-refractivity contribution in [3.8, 4) is 5.88 Å². The van der Waals surface area contributed by atoms with Gasteiger partial charge in [-0.2, -0.15) is 9.40 Å². The minimum Gasteiger partial charge on any atom is -0.476 e. The van der Waals surface area contributed by atoms with Crippen molar-refractivity contribution in [2.24, 2.45) is 13.0 Å². The third-order valence-corrected chi connectivity index (χ3v) is 6.75. The minimum absolute atomic E-state index is 0.0693. The number of hydrogen-bond acceptors (Lipinski definition) is 7. The Morgan fingerprint density at radius 1 is 1.25 bits per heavy atom. The zero-order chi connectivity index (χ0) is 19.9. The first-order valence-electron chi connectivity index (χ1n) is 8.87. The van der Waals surface area contributed by atoms with Gasteiger partial charge in [0.1, 0.15) is 0 Å². The molecule has 28 heavy (non-hydrogen) atoms. The lowest BCUT2D eigenvalue weighted by molar-refractivity contribution is 0.244. The molecule has 1 saturated heterocycles. The van der Waals surface area contributed by atoms with Crippen LogP contribution in [0, 0.1) is 12.8 Å². The van der Waals surface area contributed by atoms with E-state index in [1.807, 2.05) is 13.0 Å². The Kier molecular flexibility index (Phi) is 4.68. The molecule has 9 nitrogen and oxygen atoms in total. The summed E-state index contributed by atoms with van der Waals surface area (Å²) in [5.74, 6) is -0.0275. The van der Waals surface area contributed by atoms with E-state index in [1.54, 1.807) is 13.1 Å². The van der Waals surface area contributed by atoms with Crippen LogP contribution in [-0.4, -0.2) is 47.2 Å². The van der Waals surface area contributed by atoms with Crippen LogP contribution in [-0.2, 0) is 17.1 Å².